The fourth-order valence-electron chi connectivity index (χ4n) is 1.97. The van der Waals surface area contributed by atoms with Gasteiger partial charge in [-0.2, -0.15) is 13.2 Å². The molecule has 2 aromatic carbocycles. The summed E-state index contributed by atoms with van der Waals surface area (Å²) in [7, 11) is 0. The summed E-state index contributed by atoms with van der Waals surface area (Å²) in [4.78, 5) is 11.7. The maximum atomic E-state index is 13.1. The predicted octanol–water partition coefficient (Wildman–Crippen LogP) is 3.93. The predicted molar refractivity (Wildman–Crippen MR) is 77.0 cm³/mol. The summed E-state index contributed by atoms with van der Waals surface area (Å²) in [5.74, 6) is -0.431. The largest absolute Gasteiger partial charge is 0.412 e. The standard InChI is InChI=1S/C16H14F4N2O/c17-13-8-6-11(7-9-13)10-21-15(23)22-14(16(18,19)20)12-4-2-1-3-5-12/h1-9,14H,10H2,(H2,21,22,23)/t14-/m1/s1. The van der Waals surface area contributed by atoms with E-state index < -0.39 is 24.1 Å². The molecule has 23 heavy (non-hydrogen) atoms. The summed E-state index contributed by atoms with van der Waals surface area (Å²) in [5.41, 5.74) is 0.516. The third-order valence-electron chi connectivity index (χ3n) is 3.10. The first-order chi connectivity index (χ1) is 10.9. The third-order valence-corrected chi connectivity index (χ3v) is 3.10. The van der Waals surface area contributed by atoms with Crippen molar-refractivity contribution in [2.45, 2.75) is 18.8 Å². The van der Waals surface area contributed by atoms with Crippen LogP contribution in [0.4, 0.5) is 22.4 Å². The Kier molecular flexibility index (Phi) is 5.20. The van der Waals surface area contributed by atoms with Gasteiger partial charge in [-0.05, 0) is 23.3 Å². The minimum Gasteiger partial charge on any atom is -0.334 e. The van der Waals surface area contributed by atoms with Crippen LogP contribution in [-0.2, 0) is 6.54 Å². The molecule has 2 aromatic rings. The Morgan fingerprint density at radius 1 is 1.00 bits per heavy atom. The molecule has 0 aliphatic rings. The Morgan fingerprint density at radius 3 is 2.17 bits per heavy atom. The van der Waals surface area contributed by atoms with Gasteiger partial charge in [-0.15, -0.1) is 0 Å². The zero-order valence-electron chi connectivity index (χ0n) is 11.9. The molecular weight excluding hydrogens is 312 g/mol. The lowest BCUT2D eigenvalue weighted by atomic mass is 10.1. The van der Waals surface area contributed by atoms with Crippen LogP contribution in [0.3, 0.4) is 0 Å². The van der Waals surface area contributed by atoms with Gasteiger partial charge in [-0.1, -0.05) is 42.5 Å². The average Bonchev–Trinajstić information content (AvgIpc) is 2.52. The zero-order chi connectivity index (χ0) is 16.9. The monoisotopic (exact) mass is 326 g/mol. The Morgan fingerprint density at radius 2 is 1.61 bits per heavy atom. The molecule has 0 spiro atoms. The van der Waals surface area contributed by atoms with Gasteiger partial charge in [0.05, 0.1) is 0 Å². The molecule has 122 valence electrons. The van der Waals surface area contributed by atoms with E-state index in [1.165, 1.54) is 48.5 Å². The van der Waals surface area contributed by atoms with Gasteiger partial charge in [0, 0.05) is 6.54 Å². The molecule has 7 heteroatoms. The number of benzene rings is 2. The van der Waals surface area contributed by atoms with Crippen LogP contribution in [0.2, 0.25) is 0 Å². The van der Waals surface area contributed by atoms with E-state index in [9.17, 15) is 22.4 Å². The Bertz CT molecular complexity index is 641. The number of hydrogen-bond acceptors (Lipinski definition) is 1. The smallest absolute Gasteiger partial charge is 0.334 e. The zero-order valence-corrected chi connectivity index (χ0v) is 11.9. The van der Waals surface area contributed by atoms with Gasteiger partial charge < -0.3 is 10.6 Å². The molecule has 0 aliphatic carbocycles. The molecular formula is C16H14F4N2O. The van der Waals surface area contributed by atoms with Crippen LogP contribution >= 0.6 is 0 Å². The maximum Gasteiger partial charge on any atom is 0.412 e. The molecule has 0 aliphatic heterocycles. The summed E-state index contributed by atoms with van der Waals surface area (Å²) in [6.07, 6.45) is -4.62. The van der Waals surface area contributed by atoms with E-state index in [0.717, 1.165) is 0 Å². The van der Waals surface area contributed by atoms with Gasteiger partial charge in [0.25, 0.3) is 0 Å². The lowest BCUT2D eigenvalue weighted by molar-refractivity contribution is -0.154. The molecule has 0 aromatic heterocycles. The van der Waals surface area contributed by atoms with Gasteiger partial charge in [0.15, 0.2) is 6.04 Å². The number of halogens is 4. The first-order valence-electron chi connectivity index (χ1n) is 6.77. The Hall–Kier alpha value is -2.57. The second kappa shape index (κ2) is 7.13. The lowest BCUT2D eigenvalue weighted by Gasteiger charge is -2.22. The van der Waals surface area contributed by atoms with Gasteiger partial charge in [0.2, 0.25) is 0 Å². The number of carbonyl (C=O) groups is 1. The molecule has 0 unspecified atom stereocenters. The van der Waals surface area contributed by atoms with Crippen molar-refractivity contribution in [3.05, 3.63) is 71.5 Å². The van der Waals surface area contributed by atoms with E-state index in [0.29, 0.717) is 5.56 Å². The minimum absolute atomic E-state index is 0.00845. The van der Waals surface area contributed by atoms with E-state index in [1.807, 2.05) is 5.32 Å². The van der Waals surface area contributed by atoms with Crippen LogP contribution in [0.15, 0.2) is 54.6 Å². The molecule has 2 N–H and O–H groups in total. The van der Waals surface area contributed by atoms with Crippen LogP contribution in [-0.4, -0.2) is 12.2 Å². The van der Waals surface area contributed by atoms with E-state index in [1.54, 1.807) is 6.07 Å². The molecule has 2 rings (SSSR count). The van der Waals surface area contributed by atoms with Crippen molar-refractivity contribution in [2.24, 2.45) is 0 Å². The van der Waals surface area contributed by atoms with Crippen molar-refractivity contribution in [1.29, 1.82) is 0 Å². The van der Waals surface area contributed by atoms with Crippen molar-refractivity contribution >= 4 is 6.03 Å². The van der Waals surface area contributed by atoms with Crippen LogP contribution in [0.1, 0.15) is 17.2 Å². The summed E-state index contributed by atoms with van der Waals surface area (Å²) in [6.45, 7) is -0.00845. The summed E-state index contributed by atoms with van der Waals surface area (Å²) in [5, 5.41) is 4.22. The fourth-order valence-corrected chi connectivity index (χ4v) is 1.97. The van der Waals surface area contributed by atoms with E-state index in [-0.39, 0.29) is 12.1 Å². The van der Waals surface area contributed by atoms with Crippen molar-refractivity contribution < 1.29 is 22.4 Å². The highest BCUT2D eigenvalue weighted by atomic mass is 19.4. The molecule has 0 saturated heterocycles. The van der Waals surface area contributed by atoms with Crippen molar-refractivity contribution in [2.75, 3.05) is 0 Å². The number of carbonyl (C=O) groups excluding carboxylic acids is 1. The Balaban J connectivity index is 1.99. The van der Waals surface area contributed by atoms with Crippen LogP contribution in [0, 0.1) is 5.82 Å². The molecule has 2 amide bonds. The minimum atomic E-state index is -4.62. The van der Waals surface area contributed by atoms with Crippen LogP contribution in [0.5, 0.6) is 0 Å². The highest BCUT2D eigenvalue weighted by Crippen LogP contribution is 2.32. The number of amides is 2. The number of rotatable bonds is 4. The summed E-state index contributed by atoms with van der Waals surface area (Å²) < 4.78 is 52.0. The number of alkyl halides is 3. The molecule has 0 bridgehead atoms. The number of nitrogens with one attached hydrogen (secondary N) is 2. The van der Waals surface area contributed by atoms with E-state index in [4.69, 9.17) is 0 Å². The van der Waals surface area contributed by atoms with Crippen molar-refractivity contribution in [1.82, 2.24) is 10.6 Å². The summed E-state index contributed by atoms with van der Waals surface area (Å²) in [6, 6.07) is 9.33. The molecule has 0 radical (unpaired) electrons. The second-order valence-electron chi connectivity index (χ2n) is 4.84. The van der Waals surface area contributed by atoms with E-state index in [2.05, 4.69) is 5.32 Å². The Labute approximate surface area is 130 Å². The third kappa shape index (κ3) is 4.98. The average molecular weight is 326 g/mol. The van der Waals surface area contributed by atoms with Gasteiger partial charge in [-0.25, -0.2) is 9.18 Å². The molecule has 0 fully saturated rings. The molecule has 3 nitrogen and oxygen atoms in total. The highest BCUT2D eigenvalue weighted by molar-refractivity contribution is 5.74. The van der Waals surface area contributed by atoms with Gasteiger partial charge in [-0.3, -0.25) is 0 Å². The molecule has 1 atom stereocenters. The van der Waals surface area contributed by atoms with Crippen molar-refractivity contribution in [3.63, 3.8) is 0 Å². The first kappa shape index (κ1) is 16.8. The van der Waals surface area contributed by atoms with Crippen molar-refractivity contribution in [3.8, 4) is 0 Å². The molecule has 0 saturated carbocycles. The number of urea groups is 1. The second-order valence-corrected chi connectivity index (χ2v) is 4.84. The lowest BCUT2D eigenvalue weighted by Crippen LogP contribution is -2.43. The summed E-state index contributed by atoms with van der Waals surface area (Å²) >= 11 is 0. The normalized spacial score (nSPS) is 12.5. The maximum absolute atomic E-state index is 13.1. The topological polar surface area (TPSA) is 41.1 Å². The SMILES string of the molecule is O=C(NCc1ccc(F)cc1)N[C@H](c1ccccc1)C(F)(F)F. The first-order valence-corrected chi connectivity index (χ1v) is 6.77. The van der Waals surface area contributed by atoms with Crippen LogP contribution in [0.25, 0.3) is 0 Å². The van der Waals surface area contributed by atoms with Gasteiger partial charge in [0.1, 0.15) is 5.82 Å². The van der Waals surface area contributed by atoms with Crippen LogP contribution < -0.4 is 10.6 Å². The quantitative estimate of drug-likeness (QED) is 0.821. The fraction of sp³-hybridized carbons (Fsp3) is 0.188. The highest BCUT2D eigenvalue weighted by Gasteiger charge is 2.41. The number of hydrogen-bond donors (Lipinski definition) is 2. The van der Waals surface area contributed by atoms with Gasteiger partial charge >= 0.3 is 12.2 Å². The molecule has 0 heterocycles. The van der Waals surface area contributed by atoms with E-state index >= 15 is 0 Å².